The molecule has 1 heterocycles. The van der Waals surface area contributed by atoms with Crippen molar-refractivity contribution in [3.05, 3.63) is 66.4 Å². The summed E-state index contributed by atoms with van der Waals surface area (Å²) in [5.74, 6) is 0.705. The first-order chi connectivity index (χ1) is 14.0. The van der Waals surface area contributed by atoms with E-state index in [2.05, 4.69) is 21.1 Å². The minimum atomic E-state index is -0.421. The highest BCUT2D eigenvalue weighted by atomic mass is 32.2. The fourth-order valence-corrected chi connectivity index (χ4v) is 3.18. The van der Waals surface area contributed by atoms with Crippen molar-refractivity contribution in [2.24, 2.45) is 0 Å². The van der Waals surface area contributed by atoms with Gasteiger partial charge < -0.3 is 20.5 Å². The number of rotatable bonds is 8. The van der Waals surface area contributed by atoms with Gasteiger partial charge in [0.15, 0.2) is 5.82 Å². The first kappa shape index (κ1) is 20.5. The van der Waals surface area contributed by atoms with Crippen LogP contribution in [0.4, 0.5) is 22.9 Å². The van der Waals surface area contributed by atoms with Crippen molar-refractivity contribution in [3.63, 3.8) is 0 Å². The molecule has 0 aliphatic carbocycles. The Kier molecular flexibility index (Phi) is 6.91. The lowest BCUT2D eigenvalue weighted by Crippen LogP contribution is -2.25. The van der Waals surface area contributed by atoms with Gasteiger partial charge in [-0.2, -0.15) is 0 Å². The Hall–Kier alpha value is -3.26. The number of aromatic nitrogens is 1. The van der Waals surface area contributed by atoms with E-state index in [1.807, 2.05) is 54.6 Å². The van der Waals surface area contributed by atoms with Crippen LogP contribution in [0.3, 0.4) is 0 Å². The third-order valence-electron chi connectivity index (χ3n) is 3.97. The van der Waals surface area contributed by atoms with Gasteiger partial charge in [0.05, 0.1) is 22.4 Å². The Balaban J connectivity index is 1.52. The summed E-state index contributed by atoms with van der Waals surface area (Å²) in [7, 11) is 0. The van der Waals surface area contributed by atoms with Gasteiger partial charge in [0.1, 0.15) is 5.76 Å². The lowest BCUT2D eigenvalue weighted by Gasteiger charge is -2.14. The lowest BCUT2D eigenvalue weighted by molar-refractivity contribution is -0.115. The number of anilines is 4. The number of aryl methyl sites for hydroxylation is 1. The number of thioether (sulfide) groups is 1. The summed E-state index contributed by atoms with van der Waals surface area (Å²) in [6.45, 7) is 3.49. The van der Waals surface area contributed by atoms with Crippen LogP contribution in [0.1, 0.15) is 12.7 Å². The van der Waals surface area contributed by atoms with Gasteiger partial charge in [0, 0.05) is 11.8 Å². The maximum absolute atomic E-state index is 12.4. The first-order valence-electron chi connectivity index (χ1n) is 9.08. The molecule has 0 saturated heterocycles. The summed E-state index contributed by atoms with van der Waals surface area (Å²) < 4.78 is 4.92. The molecule has 3 aromatic rings. The lowest BCUT2D eigenvalue weighted by atomic mass is 10.2. The molecule has 1 atom stereocenters. The van der Waals surface area contributed by atoms with Crippen molar-refractivity contribution >= 4 is 46.5 Å². The number of benzene rings is 2. The molecule has 0 aliphatic heterocycles. The Morgan fingerprint density at radius 3 is 2.41 bits per heavy atom. The van der Waals surface area contributed by atoms with Gasteiger partial charge in [-0.3, -0.25) is 9.59 Å². The molecule has 29 heavy (non-hydrogen) atoms. The fourth-order valence-electron chi connectivity index (χ4n) is 2.49. The second kappa shape index (κ2) is 9.79. The zero-order valence-electron chi connectivity index (χ0n) is 16.1. The third-order valence-corrected chi connectivity index (χ3v) is 5.11. The van der Waals surface area contributed by atoms with Crippen LogP contribution in [0.25, 0.3) is 0 Å². The van der Waals surface area contributed by atoms with Gasteiger partial charge in [0.2, 0.25) is 11.8 Å². The highest BCUT2D eigenvalue weighted by Crippen LogP contribution is 2.25. The molecular weight excluding hydrogens is 388 g/mol. The molecule has 8 heteroatoms. The van der Waals surface area contributed by atoms with Crippen LogP contribution in [0.5, 0.6) is 0 Å². The van der Waals surface area contributed by atoms with E-state index in [4.69, 9.17) is 4.52 Å². The molecule has 150 valence electrons. The molecular formula is C21H22N4O3S. The molecule has 0 spiro atoms. The van der Waals surface area contributed by atoms with Crippen LogP contribution in [0.15, 0.2) is 65.2 Å². The number of carbonyl (C=O) groups excluding carboxylic acids is 2. The predicted molar refractivity (Wildman–Crippen MR) is 117 cm³/mol. The van der Waals surface area contributed by atoms with E-state index in [1.54, 1.807) is 19.9 Å². The van der Waals surface area contributed by atoms with E-state index in [9.17, 15) is 9.59 Å². The summed E-state index contributed by atoms with van der Waals surface area (Å²) >= 11 is 1.24. The predicted octanol–water partition coefficient (Wildman–Crippen LogP) is 4.43. The van der Waals surface area contributed by atoms with Crippen molar-refractivity contribution in [2.75, 3.05) is 21.7 Å². The Labute approximate surface area is 173 Å². The van der Waals surface area contributed by atoms with E-state index in [0.29, 0.717) is 17.3 Å². The minimum Gasteiger partial charge on any atom is -0.360 e. The van der Waals surface area contributed by atoms with E-state index in [0.717, 1.165) is 11.4 Å². The average molecular weight is 410 g/mol. The third kappa shape index (κ3) is 6.11. The standard InChI is InChI=1S/C21H22N4O3S/c1-14-12-19(25-28-14)24-21(27)15(2)29-13-20(26)23-18-11-7-6-10-17(18)22-16-8-4-3-5-9-16/h3-12,15,22H,13H2,1-2H3,(H,23,26)(H,24,25,27). The Morgan fingerprint density at radius 2 is 1.72 bits per heavy atom. The monoisotopic (exact) mass is 410 g/mol. The van der Waals surface area contributed by atoms with Crippen LogP contribution < -0.4 is 16.0 Å². The summed E-state index contributed by atoms with van der Waals surface area (Å²) in [5, 5.41) is 12.2. The SMILES string of the molecule is Cc1cc(NC(=O)C(C)SCC(=O)Nc2ccccc2Nc2ccccc2)no1. The molecule has 1 unspecified atom stereocenters. The fraction of sp³-hybridized carbons (Fsp3) is 0.190. The second-order valence-electron chi connectivity index (χ2n) is 6.35. The van der Waals surface area contributed by atoms with Crippen LogP contribution in [0, 0.1) is 6.92 Å². The van der Waals surface area contributed by atoms with Gasteiger partial charge in [-0.15, -0.1) is 11.8 Å². The zero-order chi connectivity index (χ0) is 20.6. The smallest absolute Gasteiger partial charge is 0.238 e. The van der Waals surface area contributed by atoms with E-state index < -0.39 is 5.25 Å². The quantitative estimate of drug-likeness (QED) is 0.509. The molecule has 0 aliphatic rings. The van der Waals surface area contributed by atoms with Gasteiger partial charge in [0.25, 0.3) is 0 Å². The molecule has 0 fully saturated rings. The summed E-state index contributed by atoms with van der Waals surface area (Å²) in [6, 6.07) is 18.8. The number of amides is 2. The molecule has 0 bridgehead atoms. The molecule has 3 rings (SSSR count). The summed E-state index contributed by atoms with van der Waals surface area (Å²) in [6.07, 6.45) is 0. The largest absolute Gasteiger partial charge is 0.360 e. The molecule has 7 nitrogen and oxygen atoms in total. The van der Waals surface area contributed by atoms with Crippen LogP contribution in [-0.4, -0.2) is 28.0 Å². The van der Waals surface area contributed by atoms with Crippen molar-refractivity contribution in [1.29, 1.82) is 0 Å². The Bertz CT molecular complexity index is 975. The number of nitrogens with one attached hydrogen (secondary N) is 3. The highest BCUT2D eigenvalue weighted by molar-refractivity contribution is 8.01. The summed E-state index contributed by atoms with van der Waals surface area (Å²) in [5.41, 5.74) is 2.40. The molecule has 0 saturated carbocycles. The topological polar surface area (TPSA) is 96.3 Å². The van der Waals surface area contributed by atoms with Crippen molar-refractivity contribution in [2.45, 2.75) is 19.1 Å². The second-order valence-corrected chi connectivity index (χ2v) is 7.68. The van der Waals surface area contributed by atoms with Gasteiger partial charge in [-0.05, 0) is 38.1 Å². The maximum atomic E-state index is 12.4. The number of para-hydroxylation sites is 3. The van der Waals surface area contributed by atoms with Crippen molar-refractivity contribution in [1.82, 2.24) is 5.16 Å². The van der Waals surface area contributed by atoms with Crippen LogP contribution in [-0.2, 0) is 9.59 Å². The van der Waals surface area contributed by atoms with Crippen molar-refractivity contribution in [3.8, 4) is 0 Å². The first-order valence-corrected chi connectivity index (χ1v) is 10.1. The van der Waals surface area contributed by atoms with E-state index in [1.165, 1.54) is 11.8 Å². The van der Waals surface area contributed by atoms with Gasteiger partial charge in [-0.1, -0.05) is 35.5 Å². The van der Waals surface area contributed by atoms with Crippen LogP contribution in [0.2, 0.25) is 0 Å². The number of carbonyl (C=O) groups is 2. The highest BCUT2D eigenvalue weighted by Gasteiger charge is 2.17. The zero-order valence-corrected chi connectivity index (χ0v) is 17.0. The number of nitrogens with zero attached hydrogens (tertiary/aromatic N) is 1. The molecule has 0 radical (unpaired) electrons. The number of hydrogen-bond donors (Lipinski definition) is 3. The van der Waals surface area contributed by atoms with E-state index >= 15 is 0 Å². The minimum absolute atomic E-state index is 0.145. The van der Waals surface area contributed by atoms with Crippen LogP contribution >= 0.6 is 11.8 Å². The summed E-state index contributed by atoms with van der Waals surface area (Å²) in [4.78, 5) is 24.6. The van der Waals surface area contributed by atoms with E-state index in [-0.39, 0.29) is 17.6 Å². The number of hydrogen-bond acceptors (Lipinski definition) is 6. The van der Waals surface area contributed by atoms with Crippen molar-refractivity contribution < 1.29 is 14.1 Å². The average Bonchev–Trinajstić information content (AvgIpc) is 3.13. The Morgan fingerprint density at radius 1 is 1.03 bits per heavy atom. The maximum Gasteiger partial charge on any atom is 0.238 e. The van der Waals surface area contributed by atoms with Gasteiger partial charge in [-0.25, -0.2) is 0 Å². The molecule has 3 N–H and O–H groups in total. The molecule has 1 aromatic heterocycles. The normalized spacial score (nSPS) is 11.5. The van der Waals surface area contributed by atoms with Gasteiger partial charge >= 0.3 is 0 Å². The molecule has 2 aromatic carbocycles. The molecule has 2 amide bonds.